The molecular formula is C18H14F8N2O3S. The maximum Gasteiger partial charge on any atom is 0.420 e. The van der Waals surface area contributed by atoms with E-state index in [2.05, 4.69) is 0 Å². The van der Waals surface area contributed by atoms with Crippen LogP contribution in [0.3, 0.4) is 0 Å². The molecule has 1 unspecified atom stereocenters. The Hall–Kier alpha value is -3.05. The number of alkyl halides is 3. The maximum atomic E-state index is 13.1. The Kier molecular flexibility index (Phi) is 5.70. The molecule has 0 radical (unpaired) electrons. The van der Waals surface area contributed by atoms with E-state index in [1.165, 1.54) is 6.07 Å². The highest BCUT2D eigenvalue weighted by atomic mass is 32.5. The molecule has 2 N–H and O–H groups in total. The molecule has 1 atom stereocenters. The minimum atomic E-state index is -9.91. The van der Waals surface area contributed by atoms with E-state index >= 15 is 0 Å². The van der Waals surface area contributed by atoms with Gasteiger partial charge in [0.2, 0.25) is 0 Å². The minimum Gasteiger partial charge on any atom is -0.489 e. The van der Waals surface area contributed by atoms with Gasteiger partial charge in [-0.1, -0.05) is 19.4 Å². The minimum absolute atomic E-state index is 0.0364. The molecule has 5 nitrogen and oxygen atoms in total. The van der Waals surface area contributed by atoms with Crippen LogP contribution in [0.4, 0.5) is 38.3 Å². The number of anilines is 1. The zero-order valence-corrected chi connectivity index (χ0v) is 16.7. The molecule has 0 spiro atoms. The lowest BCUT2D eigenvalue weighted by Gasteiger charge is -2.40. The predicted octanol–water partition coefficient (Wildman–Crippen LogP) is 6.00. The largest absolute Gasteiger partial charge is 0.489 e. The molecule has 0 aliphatic carbocycles. The van der Waals surface area contributed by atoms with Crippen molar-refractivity contribution in [3.05, 3.63) is 53.6 Å². The quantitative estimate of drug-likeness (QED) is 0.487. The summed E-state index contributed by atoms with van der Waals surface area (Å²) in [7, 11) is -9.91. The summed E-state index contributed by atoms with van der Waals surface area (Å²) in [6, 6.07) is 4.96. The van der Waals surface area contributed by atoms with Gasteiger partial charge in [-0.2, -0.15) is 18.4 Å². The first-order chi connectivity index (χ1) is 14.2. The molecule has 1 amide bonds. The third-order valence-corrected chi connectivity index (χ3v) is 5.13. The average Bonchev–Trinajstić information content (AvgIpc) is 2.64. The lowest BCUT2D eigenvalue weighted by Crippen LogP contribution is -2.45. The first-order valence-corrected chi connectivity index (χ1v) is 10.3. The van der Waals surface area contributed by atoms with E-state index in [4.69, 9.17) is 10.00 Å². The van der Waals surface area contributed by atoms with Crippen molar-refractivity contribution in [2.24, 2.45) is 0 Å². The predicted molar refractivity (Wildman–Crippen MR) is 98.7 cm³/mol. The number of rotatable bonds is 6. The van der Waals surface area contributed by atoms with E-state index < -0.39 is 56.4 Å². The highest BCUT2D eigenvalue weighted by Crippen LogP contribution is 3.02. The van der Waals surface area contributed by atoms with Gasteiger partial charge in [-0.15, -0.1) is 0 Å². The molecule has 0 aliphatic rings. The van der Waals surface area contributed by atoms with E-state index in [-0.39, 0.29) is 17.7 Å². The van der Waals surface area contributed by atoms with Crippen molar-refractivity contribution in [3.8, 4) is 11.8 Å². The number of nitriles is 1. The Labute approximate surface area is 175 Å². The standard InChI is InChI=1S/C18H14F8N2O3S/c1-17(30,10-31-15-7-2-11(9-27)8-14(15)18(19,20)21)16(29)28-12-3-5-13(6-4-12)32(22,23,24,25)26/h2-8,30H,10H2,1H3,(H,28,29). The Morgan fingerprint density at radius 1 is 1.09 bits per heavy atom. The van der Waals surface area contributed by atoms with Crippen LogP contribution in [-0.2, 0) is 11.0 Å². The second kappa shape index (κ2) is 7.24. The molecule has 32 heavy (non-hydrogen) atoms. The van der Waals surface area contributed by atoms with Gasteiger partial charge < -0.3 is 15.2 Å². The lowest BCUT2D eigenvalue weighted by atomic mass is 10.1. The van der Waals surface area contributed by atoms with Crippen LogP contribution in [0.15, 0.2) is 47.4 Å². The fourth-order valence-corrected chi connectivity index (χ4v) is 2.94. The number of amides is 1. The molecule has 0 saturated carbocycles. The fraction of sp³-hybridized carbons (Fsp3) is 0.222. The van der Waals surface area contributed by atoms with E-state index in [0.717, 1.165) is 19.1 Å². The van der Waals surface area contributed by atoms with Gasteiger partial charge in [0.25, 0.3) is 5.91 Å². The molecule has 2 aromatic carbocycles. The molecule has 14 heteroatoms. The number of benzene rings is 2. The first-order valence-electron chi connectivity index (χ1n) is 8.35. The number of ether oxygens (including phenoxy) is 1. The Balaban J connectivity index is 2.15. The zero-order valence-electron chi connectivity index (χ0n) is 15.9. The van der Waals surface area contributed by atoms with Crippen LogP contribution in [0.1, 0.15) is 18.1 Å². The number of hydrogen-bond donors (Lipinski definition) is 2. The summed E-state index contributed by atoms with van der Waals surface area (Å²) in [5.74, 6) is -2.08. The summed E-state index contributed by atoms with van der Waals surface area (Å²) in [4.78, 5) is 9.98. The molecule has 0 aromatic heterocycles. The smallest absolute Gasteiger partial charge is 0.420 e. The van der Waals surface area contributed by atoms with Crippen LogP contribution in [-0.4, -0.2) is 23.2 Å². The summed E-state index contributed by atoms with van der Waals surface area (Å²) in [6.45, 7) is -0.167. The molecule has 0 aliphatic heterocycles. The Morgan fingerprint density at radius 2 is 1.66 bits per heavy atom. The SMILES string of the molecule is CC(O)(COc1ccc(C#N)cc1C(F)(F)F)C(=O)Nc1ccc(S(F)(F)(F)(F)F)cc1. The Morgan fingerprint density at radius 3 is 2.12 bits per heavy atom. The Bertz CT molecular complexity index is 1080. The summed E-state index contributed by atoms with van der Waals surface area (Å²) in [6.07, 6.45) is -4.92. The fourth-order valence-electron chi connectivity index (χ4n) is 2.29. The molecule has 0 heterocycles. The molecule has 0 fully saturated rings. The number of halogens is 8. The van der Waals surface area contributed by atoms with Crippen molar-refractivity contribution >= 4 is 21.8 Å². The van der Waals surface area contributed by atoms with Gasteiger partial charge in [-0.05, 0) is 49.4 Å². The van der Waals surface area contributed by atoms with Crippen molar-refractivity contribution < 1.29 is 47.2 Å². The highest BCUT2D eigenvalue weighted by Gasteiger charge is 2.65. The molecule has 2 rings (SSSR count). The van der Waals surface area contributed by atoms with Crippen molar-refractivity contribution in [2.75, 3.05) is 11.9 Å². The van der Waals surface area contributed by atoms with Crippen LogP contribution in [0.5, 0.6) is 5.75 Å². The number of nitrogens with zero attached hydrogens (tertiary/aromatic N) is 1. The number of aliphatic hydroxyl groups is 1. The van der Waals surface area contributed by atoms with Gasteiger partial charge in [0.15, 0.2) is 5.60 Å². The van der Waals surface area contributed by atoms with Crippen molar-refractivity contribution in [1.82, 2.24) is 0 Å². The van der Waals surface area contributed by atoms with Gasteiger partial charge in [0, 0.05) is 5.69 Å². The van der Waals surface area contributed by atoms with Crippen LogP contribution < -0.4 is 10.1 Å². The average molecular weight is 490 g/mol. The van der Waals surface area contributed by atoms with Gasteiger partial charge in [-0.3, -0.25) is 4.79 Å². The summed E-state index contributed by atoms with van der Waals surface area (Å²) in [5.41, 5.74) is -4.52. The number of carbonyl (C=O) groups is 1. The monoisotopic (exact) mass is 490 g/mol. The third-order valence-electron chi connectivity index (χ3n) is 3.97. The molecule has 176 valence electrons. The van der Waals surface area contributed by atoms with Crippen molar-refractivity contribution in [3.63, 3.8) is 0 Å². The van der Waals surface area contributed by atoms with Crippen LogP contribution >= 0.6 is 10.2 Å². The molecule has 0 bridgehead atoms. The number of carbonyl (C=O) groups excluding carboxylic acids is 1. The van der Waals surface area contributed by atoms with Crippen LogP contribution in [0, 0.1) is 11.3 Å². The normalized spacial score (nSPS) is 16.2. The number of hydrogen-bond acceptors (Lipinski definition) is 4. The molecule has 2 aromatic rings. The summed E-state index contributed by atoms with van der Waals surface area (Å²) < 4.78 is 108. The summed E-state index contributed by atoms with van der Waals surface area (Å²) >= 11 is 0. The van der Waals surface area contributed by atoms with Crippen molar-refractivity contribution in [2.45, 2.75) is 23.6 Å². The van der Waals surface area contributed by atoms with Gasteiger partial charge >= 0.3 is 16.4 Å². The number of nitrogens with one attached hydrogen (secondary N) is 1. The zero-order chi connectivity index (χ0) is 24.7. The highest BCUT2D eigenvalue weighted by molar-refractivity contribution is 8.45. The van der Waals surface area contributed by atoms with E-state index in [0.29, 0.717) is 18.2 Å². The summed E-state index contributed by atoms with van der Waals surface area (Å²) in [5, 5.41) is 20.9. The van der Waals surface area contributed by atoms with Gasteiger partial charge in [0.05, 0.1) is 17.2 Å². The van der Waals surface area contributed by atoms with E-state index in [9.17, 15) is 42.5 Å². The second-order valence-electron chi connectivity index (χ2n) is 6.83. The third kappa shape index (κ3) is 6.24. The topological polar surface area (TPSA) is 82.3 Å². The molecular weight excluding hydrogens is 476 g/mol. The maximum absolute atomic E-state index is 13.1. The van der Waals surface area contributed by atoms with Crippen LogP contribution in [0.2, 0.25) is 0 Å². The molecule has 0 saturated heterocycles. The van der Waals surface area contributed by atoms with Crippen molar-refractivity contribution in [1.29, 1.82) is 5.26 Å². The first kappa shape index (κ1) is 25.2. The van der Waals surface area contributed by atoms with E-state index in [1.54, 1.807) is 0 Å². The second-order valence-corrected chi connectivity index (χ2v) is 9.24. The van der Waals surface area contributed by atoms with Gasteiger partial charge in [-0.25, -0.2) is 0 Å². The van der Waals surface area contributed by atoms with Crippen LogP contribution in [0.25, 0.3) is 0 Å². The van der Waals surface area contributed by atoms with E-state index in [1.807, 2.05) is 5.32 Å². The lowest BCUT2D eigenvalue weighted by molar-refractivity contribution is -0.140. The van der Waals surface area contributed by atoms with Gasteiger partial charge in [0.1, 0.15) is 17.3 Å².